The first-order valence-electron chi connectivity index (χ1n) is 16.1. The molecule has 0 nitrogen and oxygen atoms in total. The van der Waals surface area contributed by atoms with Crippen molar-refractivity contribution in [3.8, 4) is 0 Å². The van der Waals surface area contributed by atoms with Crippen molar-refractivity contribution in [1.82, 2.24) is 0 Å². The van der Waals surface area contributed by atoms with Gasteiger partial charge < -0.3 is 0 Å². The Labute approximate surface area is 268 Å². The van der Waals surface area contributed by atoms with Crippen LogP contribution in [0.1, 0.15) is 50.1 Å². The first kappa shape index (κ1) is 27.8. The molecule has 2 heterocycles. The second-order valence-electron chi connectivity index (χ2n) is 13.2. The Bertz CT molecular complexity index is 1930. The third-order valence-electron chi connectivity index (χ3n) is 11.0. The summed E-state index contributed by atoms with van der Waals surface area (Å²) in [5, 5.41) is 0.882. The van der Waals surface area contributed by atoms with Crippen molar-refractivity contribution < 1.29 is 0 Å². The first-order chi connectivity index (χ1) is 22.0. The monoisotopic (exact) mass is 594 g/mol. The van der Waals surface area contributed by atoms with E-state index < -0.39 is 8.07 Å². The van der Waals surface area contributed by atoms with Crippen molar-refractivity contribution >= 4 is 24.4 Å². The van der Waals surface area contributed by atoms with E-state index in [1.807, 2.05) is 0 Å². The molecule has 2 unspecified atom stereocenters. The van der Waals surface area contributed by atoms with E-state index in [-0.39, 0.29) is 10.1 Å². The van der Waals surface area contributed by atoms with Gasteiger partial charge >= 0.3 is 0 Å². The number of benzene rings is 6. The Morgan fingerprint density at radius 2 is 0.756 bits per heavy atom. The van der Waals surface area contributed by atoms with Gasteiger partial charge in [-0.05, 0) is 65.3 Å². The Kier molecular flexibility index (Phi) is 6.27. The predicted molar refractivity (Wildman–Crippen MR) is 192 cm³/mol. The van der Waals surface area contributed by atoms with Gasteiger partial charge in [-0.25, -0.2) is 0 Å². The lowest BCUT2D eigenvalue weighted by molar-refractivity contribution is 0.915. The summed E-state index contributed by atoms with van der Waals surface area (Å²) >= 11 is 0. The zero-order valence-corrected chi connectivity index (χ0v) is 27.5. The maximum Gasteiger partial charge on any atom is 0.126 e. The van der Waals surface area contributed by atoms with Gasteiger partial charge in [0.05, 0.1) is 0 Å². The largest absolute Gasteiger partial charge is 0.126 e. The van der Waals surface area contributed by atoms with Gasteiger partial charge in [0.15, 0.2) is 0 Å². The van der Waals surface area contributed by atoms with Crippen LogP contribution in [0, 0.1) is 20.8 Å². The van der Waals surface area contributed by atoms with Gasteiger partial charge in [-0.1, -0.05) is 186 Å². The Balaban J connectivity index is 1.72. The topological polar surface area (TPSA) is 0 Å². The van der Waals surface area contributed by atoms with Gasteiger partial charge in [-0.2, -0.15) is 0 Å². The van der Waals surface area contributed by atoms with Crippen LogP contribution in [-0.4, -0.2) is 8.07 Å². The van der Waals surface area contributed by atoms with Crippen LogP contribution in [0.25, 0.3) is 11.1 Å². The van der Waals surface area contributed by atoms with Crippen LogP contribution in [0.3, 0.4) is 0 Å². The normalized spacial score (nSPS) is 23.3. The third-order valence-corrected chi connectivity index (χ3v) is 17.4. The SMILES string of the molecule is Cc1cc(C)c([Si]2(C)C3(c4ccccc4)C(c4ccccc4)=C(c4ccccc4)C2(c2ccccc2)c2ccccc23)c(C)c1. The highest BCUT2D eigenvalue weighted by molar-refractivity contribution is 7.02. The molecular weight excluding hydrogens is 557 g/mol. The molecule has 0 saturated heterocycles. The van der Waals surface area contributed by atoms with Crippen LogP contribution in [-0.2, 0) is 10.1 Å². The summed E-state index contributed by atoms with van der Waals surface area (Å²) in [7, 11) is -2.82. The fraction of sp³-hybridized carbons (Fsp3) is 0.136. The molecule has 8 rings (SSSR count). The van der Waals surface area contributed by atoms with Crippen LogP contribution in [0.5, 0.6) is 0 Å². The van der Waals surface area contributed by atoms with E-state index in [0.29, 0.717) is 0 Å². The molecule has 6 aromatic rings. The highest BCUT2D eigenvalue weighted by atomic mass is 28.3. The lowest BCUT2D eigenvalue weighted by atomic mass is 9.65. The molecule has 0 N–H and O–H groups in total. The molecule has 0 amide bonds. The van der Waals surface area contributed by atoms with Gasteiger partial charge in [0.25, 0.3) is 0 Å². The molecular formula is C44H38Si. The average molecular weight is 595 g/mol. The van der Waals surface area contributed by atoms with Gasteiger partial charge in [0.1, 0.15) is 8.07 Å². The fourth-order valence-corrected chi connectivity index (χ4v) is 17.5. The number of fused-ring (bicyclic) bond motifs is 5. The number of allylic oxidation sites excluding steroid dienone is 2. The molecule has 0 aromatic heterocycles. The molecule has 2 atom stereocenters. The molecule has 0 fully saturated rings. The van der Waals surface area contributed by atoms with E-state index in [4.69, 9.17) is 0 Å². The standard InChI is InChI=1S/C44H38Si/c1-31-29-32(2)42(33(3)30-31)45(4)43(36-23-13-7-14-24-36)38-27-17-18-28-39(38)44(45,37-25-15-8-16-26-37)41(35-21-11-6-12-22-35)40(43)34-19-9-5-10-20-34/h5-30H,1-4H3. The lowest BCUT2D eigenvalue weighted by Crippen LogP contribution is -2.68. The van der Waals surface area contributed by atoms with Crippen molar-refractivity contribution in [3.05, 3.63) is 208 Å². The molecule has 2 bridgehead atoms. The van der Waals surface area contributed by atoms with Crippen LogP contribution in [0.15, 0.2) is 158 Å². The van der Waals surface area contributed by atoms with Gasteiger partial charge in [-0.3, -0.25) is 0 Å². The van der Waals surface area contributed by atoms with Crippen molar-refractivity contribution in [1.29, 1.82) is 0 Å². The Morgan fingerprint density at radius 3 is 1.13 bits per heavy atom. The van der Waals surface area contributed by atoms with Crippen LogP contribution < -0.4 is 5.19 Å². The van der Waals surface area contributed by atoms with E-state index in [9.17, 15) is 0 Å². The smallest absolute Gasteiger partial charge is 0.0627 e. The molecule has 0 saturated carbocycles. The minimum Gasteiger partial charge on any atom is -0.0627 e. The van der Waals surface area contributed by atoms with E-state index in [2.05, 4.69) is 185 Å². The van der Waals surface area contributed by atoms with Gasteiger partial charge in [0, 0.05) is 10.1 Å². The molecule has 2 aliphatic heterocycles. The zero-order chi connectivity index (χ0) is 30.8. The van der Waals surface area contributed by atoms with Crippen molar-refractivity contribution in [2.45, 2.75) is 37.4 Å². The number of hydrogen-bond donors (Lipinski definition) is 0. The van der Waals surface area contributed by atoms with Gasteiger partial charge in [0.2, 0.25) is 0 Å². The number of rotatable bonds is 5. The van der Waals surface area contributed by atoms with E-state index in [0.717, 1.165) is 0 Å². The summed E-state index contributed by atoms with van der Waals surface area (Å²) in [4.78, 5) is 0. The summed E-state index contributed by atoms with van der Waals surface area (Å²) in [5.41, 5.74) is 15.4. The molecule has 0 radical (unpaired) electrons. The summed E-state index contributed by atoms with van der Waals surface area (Å²) in [6, 6.07) is 60.0. The minimum atomic E-state index is -2.82. The average Bonchev–Trinajstić information content (AvgIpc) is 3.41. The summed E-state index contributed by atoms with van der Waals surface area (Å²) in [5.74, 6) is 0. The second-order valence-corrected chi connectivity index (χ2v) is 17.4. The lowest BCUT2D eigenvalue weighted by Gasteiger charge is -2.48. The first-order valence-corrected chi connectivity index (χ1v) is 18.6. The molecule has 0 aliphatic carbocycles. The van der Waals surface area contributed by atoms with E-state index >= 15 is 0 Å². The third kappa shape index (κ3) is 3.42. The Hall–Kier alpha value is -4.72. The number of aryl methyl sites for hydroxylation is 3. The zero-order valence-electron chi connectivity index (χ0n) is 26.5. The maximum absolute atomic E-state index is 2.82. The second kappa shape index (κ2) is 10.2. The van der Waals surface area contributed by atoms with Crippen molar-refractivity contribution in [3.63, 3.8) is 0 Å². The molecule has 1 heteroatoms. The van der Waals surface area contributed by atoms with Crippen LogP contribution >= 0.6 is 0 Å². The molecule has 0 spiro atoms. The fourth-order valence-electron chi connectivity index (χ4n) is 9.93. The highest BCUT2D eigenvalue weighted by Gasteiger charge is 2.78. The molecule has 218 valence electrons. The minimum absolute atomic E-state index is 0.349. The summed E-state index contributed by atoms with van der Waals surface area (Å²) in [6.45, 7) is 9.72. The van der Waals surface area contributed by atoms with E-state index in [1.54, 1.807) is 5.19 Å². The predicted octanol–water partition coefficient (Wildman–Crippen LogP) is 9.89. The quantitative estimate of drug-likeness (QED) is 0.174. The van der Waals surface area contributed by atoms with Crippen molar-refractivity contribution in [2.75, 3.05) is 0 Å². The van der Waals surface area contributed by atoms with Crippen LogP contribution in [0.2, 0.25) is 6.55 Å². The summed E-state index contributed by atoms with van der Waals surface area (Å²) < 4.78 is 0. The van der Waals surface area contributed by atoms with Crippen LogP contribution in [0.4, 0.5) is 0 Å². The Morgan fingerprint density at radius 1 is 0.422 bits per heavy atom. The molecule has 2 aliphatic rings. The maximum atomic E-state index is 2.73. The van der Waals surface area contributed by atoms with E-state index in [1.165, 1.54) is 61.2 Å². The molecule has 45 heavy (non-hydrogen) atoms. The van der Waals surface area contributed by atoms with Gasteiger partial charge in [-0.15, -0.1) is 0 Å². The number of hydrogen-bond acceptors (Lipinski definition) is 0. The highest BCUT2D eigenvalue weighted by Crippen LogP contribution is 2.75. The molecule has 6 aromatic carbocycles. The van der Waals surface area contributed by atoms with Crippen molar-refractivity contribution in [2.24, 2.45) is 0 Å². The summed E-state index contributed by atoms with van der Waals surface area (Å²) in [6.07, 6.45) is 0.